The van der Waals surface area contributed by atoms with Crippen LogP contribution in [0, 0.1) is 3.57 Å². The highest BCUT2D eigenvalue weighted by Gasteiger charge is 2.10. The van der Waals surface area contributed by atoms with E-state index in [1.807, 2.05) is 42.5 Å². The molecule has 0 aliphatic rings. The molecule has 1 amide bonds. The van der Waals surface area contributed by atoms with Crippen LogP contribution in [0.4, 0.5) is 5.69 Å². The second-order valence-corrected chi connectivity index (χ2v) is 6.28. The average Bonchev–Trinajstić information content (AvgIpc) is 2.58. The molecular formula is C18H18INO4. The molecule has 6 heteroatoms. The molecule has 0 aromatic heterocycles. The molecule has 1 N–H and O–H groups in total. The number of carbonyl (C=O) groups excluding carboxylic acids is 2. The summed E-state index contributed by atoms with van der Waals surface area (Å²) >= 11 is 2.16. The van der Waals surface area contributed by atoms with Crippen LogP contribution in [0.25, 0.3) is 0 Å². The molecule has 0 bridgehead atoms. The summed E-state index contributed by atoms with van der Waals surface area (Å²) in [5.41, 5.74) is 1.61. The van der Waals surface area contributed by atoms with E-state index in [2.05, 4.69) is 27.9 Å². The van der Waals surface area contributed by atoms with Crippen molar-refractivity contribution in [3.05, 3.63) is 57.7 Å². The number of methoxy groups -OCH3 is 1. The molecule has 5 nitrogen and oxygen atoms in total. The minimum atomic E-state index is -0.418. The van der Waals surface area contributed by atoms with E-state index < -0.39 is 5.97 Å². The number of rotatable bonds is 7. The molecule has 0 unspecified atom stereocenters. The highest BCUT2D eigenvalue weighted by atomic mass is 127. The van der Waals surface area contributed by atoms with Gasteiger partial charge in [-0.15, -0.1) is 0 Å². The van der Waals surface area contributed by atoms with Crippen LogP contribution in [-0.4, -0.2) is 25.6 Å². The molecule has 0 heterocycles. The summed E-state index contributed by atoms with van der Waals surface area (Å²) in [7, 11) is 1.59. The molecule has 2 aromatic carbocycles. The number of hydrogen-bond donors (Lipinski definition) is 1. The number of aryl methyl sites for hydroxylation is 1. The van der Waals surface area contributed by atoms with Crippen LogP contribution in [0.2, 0.25) is 0 Å². The number of anilines is 1. The topological polar surface area (TPSA) is 64.6 Å². The minimum Gasteiger partial charge on any atom is -0.496 e. The Morgan fingerprint density at radius 1 is 1.12 bits per heavy atom. The zero-order valence-corrected chi connectivity index (χ0v) is 15.4. The molecule has 0 aliphatic carbocycles. The third-order valence-electron chi connectivity index (χ3n) is 3.26. The summed E-state index contributed by atoms with van der Waals surface area (Å²) in [6.45, 7) is -0.295. The van der Waals surface area contributed by atoms with E-state index >= 15 is 0 Å². The summed E-state index contributed by atoms with van der Waals surface area (Å²) in [5, 5.41) is 2.69. The number of nitrogens with one attached hydrogen (secondary N) is 1. The number of carbonyl (C=O) groups is 2. The summed E-state index contributed by atoms with van der Waals surface area (Å²) in [5.74, 6) is -0.0388. The Hall–Kier alpha value is -2.09. The van der Waals surface area contributed by atoms with E-state index in [9.17, 15) is 9.59 Å². The van der Waals surface area contributed by atoms with Gasteiger partial charge in [0.05, 0.1) is 7.11 Å². The van der Waals surface area contributed by atoms with E-state index in [-0.39, 0.29) is 18.9 Å². The van der Waals surface area contributed by atoms with Crippen molar-refractivity contribution in [1.29, 1.82) is 0 Å². The van der Waals surface area contributed by atoms with E-state index in [1.54, 1.807) is 13.2 Å². The first-order chi connectivity index (χ1) is 11.6. The summed E-state index contributed by atoms with van der Waals surface area (Å²) in [6, 6.07) is 14.9. The largest absolute Gasteiger partial charge is 0.496 e. The summed E-state index contributed by atoms with van der Waals surface area (Å²) in [6.07, 6.45) is 0.693. The van der Waals surface area contributed by atoms with Crippen molar-refractivity contribution in [2.75, 3.05) is 19.0 Å². The molecule has 2 rings (SSSR count). The number of benzene rings is 2. The maximum atomic E-state index is 11.8. The SMILES string of the molecule is COc1ccccc1CCC(=O)OCC(=O)Nc1cccc(I)c1. The van der Waals surface area contributed by atoms with Crippen molar-refractivity contribution >= 4 is 40.2 Å². The first-order valence-corrected chi connectivity index (χ1v) is 8.49. The normalized spacial score (nSPS) is 10.1. The lowest BCUT2D eigenvalue weighted by Crippen LogP contribution is -2.21. The Morgan fingerprint density at radius 2 is 1.92 bits per heavy atom. The van der Waals surface area contributed by atoms with Crippen LogP contribution in [0.3, 0.4) is 0 Å². The van der Waals surface area contributed by atoms with Crippen molar-refractivity contribution < 1.29 is 19.1 Å². The predicted molar refractivity (Wildman–Crippen MR) is 100 cm³/mol. The number of esters is 1. The number of amides is 1. The molecule has 24 heavy (non-hydrogen) atoms. The van der Waals surface area contributed by atoms with Crippen LogP contribution in [0.1, 0.15) is 12.0 Å². The van der Waals surface area contributed by atoms with Crippen molar-refractivity contribution in [3.8, 4) is 5.75 Å². The predicted octanol–water partition coefficient (Wildman–Crippen LogP) is 3.41. The third-order valence-corrected chi connectivity index (χ3v) is 3.93. The molecule has 0 saturated heterocycles. The van der Waals surface area contributed by atoms with Gasteiger partial charge in [-0.2, -0.15) is 0 Å². The molecule has 0 aliphatic heterocycles. The first-order valence-electron chi connectivity index (χ1n) is 7.41. The zero-order valence-electron chi connectivity index (χ0n) is 13.3. The summed E-state index contributed by atoms with van der Waals surface area (Å²) in [4.78, 5) is 23.6. The average molecular weight is 439 g/mol. The molecule has 126 valence electrons. The van der Waals surface area contributed by atoms with Gasteiger partial charge in [-0.3, -0.25) is 9.59 Å². The smallest absolute Gasteiger partial charge is 0.306 e. The van der Waals surface area contributed by atoms with E-state index in [0.29, 0.717) is 12.1 Å². The molecule has 0 radical (unpaired) electrons. The number of ether oxygens (including phenoxy) is 2. The fourth-order valence-electron chi connectivity index (χ4n) is 2.13. The second-order valence-electron chi connectivity index (χ2n) is 5.03. The number of hydrogen-bond acceptors (Lipinski definition) is 4. The Balaban J connectivity index is 1.75. The molecule has 0 spiro atoms. The first kappa shape index (κ1) is 18.3. The maximum Gasteiger partial charge on any atom is 0.306 e. The van der Waals surface area contributed by atoms with Gasteiger partial charge in [0.25, 0.3) is 5.91 Å². The van der Waals surface area contributed by atoms with Gasteiger partial charge in [0.15, 0.2) is 6.61 Å². The van der Waals surface area contributed by atoms with Crippen molar-refractivity contribution in [1.82, 2.24) is 0 Å². The standard InChI is InChI=1S/C18H18INO4/c1-23-16-8-3-2-5-13(16)9-10-18(22)24-12-17(21)20-15-7-4-6-14(19)11-15/h2-8,11H,9-10,12H2,1H3,(H,20,21). The molecule has 0 fully saturated rings. The number of halogens is 1. The Kier molecular flexibility index (Phi) is 7.05. The molecule has 0 atom stereocenters. The van der Waals surface area contributed by atoms with E-state index in [4.69, 9.17) is 9.47 Å². The summed E-state index contributed by atoms with van der Waals surface area (Å²) < 4.78 is 11.3. The molecular weight excluding hydrogens is 421 g/mol. The lowest BCUT2D eigenvalue weighted by atomic mass is 10.1. The highest BCUT2D eigenvalue weighted by molar-refractivity contribution is 14.1. The fraction of sp³-hybridized carbons (Fsp3) is 0.222. The van der Waals surface area contributed by atoms with Gasteiger partial charge in [0, 0.05) is 15.7 Å². The van der Waals surface area contributed by atoms with Gasteiger partial charge in [0.1, 0.15) is 5.75 Å². The van der Waals surface area contributed by atoms with Gasteiger partial charge in [0.2, 0.25) is 0 Å². The van der Waals surface area contributed by atoms with Gasteiger partial charge in [-0.25, -0.2) is 0 Å². The van der Waals surface area contributed by atoms with Gasteiger partial charge in [-0.05, 0) is 58.8 Å². The highest BCUT2D eigenvalue weighted by Crippen LogP contribution is 2.19. The molecule has 0 saturated carbocycles. The third kappa shape index (κ3) is 5.84. The Bertz CT molecular complexity index is 718. The van der Waals surface area contributed by atoms with Crippen LogP contribution < -0.4 is 10.1 Å². The maximum absolute atomic E-state index is 11.8. The van der Waals surface area contributed by atoms with Crippen molar-refractivity contribution in [2.45, 2.75) is 12.8 Å². The zero-order chi connectivity index (χ0) is 17.4. The van der Waals surface area contributed by atoms with Crippen LogP contribution >= 0.6 is 22.6 Å². The second kappa shape index (κ2) is 9.27. The van der Waals surface area contributed by atoms with Crippen LogP contribution in [-0.2, 0) is 20.7 Å². The van der Waals surface area contributed by atoms with Crippen LogP contribution in [0.5, 0.6) is 5.75 Å². The quantitative estimate of drug-likeness (QED) is 0.531. The van der Waals surface area contributed by atoms with Crippen LogP contribution in [0.15, 0.2) is 48.5 Å². The lowest BCUT2D eigenvalue weighted by Gasteiger charge is -2.09. The van der Waals surface area contributed by atoms with Crippen molar-refractivity contribution in [3.63, 3.8) is 0 Å². The number of para-hydroxylation sites is 1. The Labute approximate surface area is 154 Å². The molecule has 2 aromatic rings. The lowest BCUT2D eigenvalue weighted by molar-refractivity contribution is -0.147. The van der Waals surface area contributed by atoms with Gasteiger partial charge in [-0.1, -0.05) is 24.3 Å². The minimum absolute atomic E-state index is 0.191. The van der Waals surface area contributed by atoms with E-state index in [1.165, 1.54) is 0 Å². The van der Waals surface area contributed by atoms with Gasteiger partial charge < -0.3 is 14.8 Å². The monoisotopic (exact) mass is 439 g/mol. The van der Waals surface area contributed by atoms with Crippen molar-refractivity contribution in [2.24, 2.45) is 0 Å². The van der Waals surface area contributed by atoms with E-state index in [0.717, 1.165) is 14.9 Å². The van der Waals surface area contributed by atoms with Gasteiger partial charge >= 0.3 is 5.97 Å². The fourth-order valence-corrected chi connectivity index (χ4v) is 2.67. The Morgan fingerprint density at radius 3 is 2.67 bits per heavy atom.